The molecule has 0 aliphatic heterocycles. The van der Waals surface area contributed by atoms with Crippen molar-refractivity contribution in [3.05, 3.63) is 70.8 Å². The smallest absolute Gasteiger partial charge is 0.270 e. The third kappa shape index (κ3) is 3.61. The van der Waals surface area contributed by atoms with Crippen LogP contribution in [0.25, 0.3) is 0 Å². The maximum atomic E-state index is 11.7. The van der Waals surface area contributed by atoms with E-state index in [0.717, 1.165) is 22.3 Å². The predicted octanol–water partition coefficient (Wildman–Crippen LogP) is 3.28. The van der Waals surface area contributed by atoms with E-state index in [1.54, 1.807) is 0 Å². The van der Waals surface area contributed by atoms with Gasteiger partial charge in [-0.25, -0.2) is 0 Å². The second kappa shape index (κ2) is 6.41. The van der Waals surface area contributed by atoms with E-state index in [9.17, 15) is 4.79 Å². The predicted molar refractivity (Wildman–Crippen MR) is 81.1 cm³/mol. The lowest BCUT2D eigenvalue weighted by Gasteiger charge is -1.94. The molecule has 2 rings (SSSR count). The second-order valence-electron chi connectivity index (χ2n) is 4.46. The normalized spacial score (nSPS) is 8.90. The molecule has 0 radical (unpaired) electrons. The maximum absolute atomic E-state index is 11.7. The minimum atomic E-state index is -0.364. The summed E-state index contributed by atoms with van der Waals surface area (Å²) in [6, 6.07) is 15.4. The molecule has 0 saturated heterocycles. The molecule has 0 amide bonds. The number of hydrogen-bond acceptors (Lipinski definition) is 1. The summed E-state index contributed by atoms with van der Waals surface area (Å²) in [5.41, 5.74) is 3.83. The molecule has 0 aromatic heterocycles. The molecule has 0 heterocycles. The molecular formula is C19H14O. The Hall–Kier alpha value is -2.77. The van der Waals surface area contributed by atoms with Crippen LogP contribution in [0.2, 0.25) is 0 Å². The summed E-state index contributed by atoms with van der Waals surface area (Å²) in [6.07, 6.45) is 0. The Labute approximate surface area is 119 Å². The van der Waals surface area contributed by atoms with Crippen LogP contribution in [0.5, 0.6) is 0 Å². The van der Waals surface area contributed by atoms with Gasteiger partial charge in [0.2, 0.25) is 0 Å². The summed E-state index contributed by atoms with van der Waals surface area (Å²) >= 11 is 0. The fourth-order valence-electron chi connectivity index (χ4n) is 1.71. The van der Waals surface area contributed by atoms with Gasteiger partial charge < -0.3 is 0 Å². The number of aryl methyl sites for hydroxylation is 2. The van der Waals surface area contributed by atoms with Gasteiger partial charge in [-0.05, 0) is 48.9 Å². The summed E-state index contributed by atoms with van der Waals surface area (Å²) < 4.78 is 0. The van der Waals surface area contributed by atoms with Crippen LogP contribution < -0.4 is 0 Å². The summed E-state index contributed by atoms with van der Waals surface area (Å²) in [4.78, 5) is 11.7. The topological polar surface area (TPSA) is 17.1 Å². The molecule has 2 aromatic carbocycles. The van der Waals surface area contributed by atoms with Crippen molar-refractivity contribution in [2.24, 2.45) is 0 Å². The molecular weight excluding hydrogens is 244 g/mol. The zero-order valence-corrected chi connectivity index (χ0v) is 11.5. The van der Waals surface area contributed by atoms with E-state index in [0.29, 0.717) is 0 Å². The highest BCUT2D eigenvalue weighted by molar-refractivity contribution is 6.09. The molecule has 0 saturated carbocycles. The van der Waals surface area contributed by atoms with Crippen LogP contribution in [0.1, 0.15) is 22.3 Å². The van der Waals surface area contributed by atoms with Gasteiger partial charge in [0.05, 0.1) is 0 Å². The molecule has 0 spiro atoms. The van der Waals surface area contributed by atoms with Gasteiger partial charge in [0.15, 0.2) is 0 Å². The maximum Gasteiger partial charge on any atom is 0.279 e. The lowest BCUT2D eigenvalue weighted by Crippen LogP contribution is -1.89. The number of rotatable bonds is 0. The van der Waals surface area contributed by atoms with E-state index >= 15 is 0 Å². The van der Waals surface area contributed by atoms with Crippen molar-refractivity contribution in [3.8, 4) is 23.7 Å². The van der Waals surface area contributed by atoms with Crippen LogP contribution in [0.15, 0.2) is 48.5 Å². The molecule has 1 heteroatoms. The molecule has 0 fully saturated rings. The number of benzene rings is 2. The Morgan fingerprint density at radius 2 is 1.15 bits per heavy atom. The summed E-state index contributed by atoms with van der Waals surface area (Å²) in [7, 11) is 0. The summed E-state index contributed by atoms with van der Waals surface area (Å²) in [5.74, 6) is 10.5. The number of carbonyl (C=O) groups excluding carboxylic acids is 1. The largest absolute Gasteiger partial charge is 0.279 e. The summed E-state index contributed by atoms with van der Waals surface area (Å²) in [5, 5.41) is 0. The van der Waals surface area contributed by atoms with Crippen LogP contribution in [0.4, 0.5) is 0 Å². The number of ketones is 1. The number of Topliss-reactive ketones (excluding diaryl/α,β-unsaturated/α-hetero) is 1. The van der Waals surface area contributed by atoms with E-state index in [2.05, 4.69) is 23.7 Å². The quantitative estimate of drug-likeness (QED) is 0.663. The van der Waals surface area contributed by atoms with Gasteiger partial charge in [-0.15, -0.1) is 0 Å². The lowest BCUT2D eigenvalue weighted by molar-refractivity contribution is -0.108. The third-order valence-corrected chi connectivity index (χ3v) is 2.91. The van der Waals surface area contributed by atoms with Gasteiger partial charge in [0.1, 0.15) is 0 Å². The molecule has 0 aliphatic carbocycles. The highest BCUT2D eigenvalue weighted by Crippen LogP contribution is 2.05. The first-order valence-corrected chi connectivity index (χ1v) is 6.36. The number of carbonyl (C=O) groups is 1. The minimum absolute atomic E-state index is 0.364. The van der Waals surface area contributed by atoms with Gasteiger partial charge in [0.25, 0.3) is 5.78 Å². The molecule has 96 valence electrons. The number of hydrogen-bond donors (Lipinski definition) is 0. The van der Waals surface area contributed by atoms with Crippen molar-refractivity contribution >= 4 is 5.78 Å². The first-order valence-electron chi connectivity index (χ1n) is 6.36. The Morgan fingerprint density at radius 3 is 1.55 bits per heavy atom. The Bertz CT molecular complexity index is 696. The highest BCUT2D eigenvalue weighted by atomic mass is 16.1. The van der Waals surface area contributed by atoms with Crippen molar-refractivity contribution in [3.63, 3.8) is 0 Å². The third-order valence-electron chi connectivity index (χ3n) is 2.91. The van der Waals surface area contributed by atoms with Gasteiger partial charge in [-0.3, -0.25) is 4.79 Å². The monoisotopic (exact) mass is 258 g/mol. The SMILES string of the molecule is Cc1ccccc1C#CC(=O)C#Cc1ccccc1C. The van der Waals surface area contributed by atoms with Gasteiger partial charge in [-0.2, -0.15) is 0 Å². The molecule has 0 unspecified atom stereocenters. The van der Waals surface area contributed by atoms with Crippen LogP contribution in [0, 0.1) is 37.5 Å². The van der Waals surface area contributed by atoms with E-state index in [4.69, 9.17) is 0 Å². The minimum Gasteiger partial charge on any atom is -0.270 e. The first kappa shape index (κ1) is 13.7. The van der Waals surface area contributed by atoms with E-state index in [1.807, 2.05) is 62.4 Å². The Kier molecular flexibility index (Phi) is 4.38. The van der Waals surface area contributed by atoms with E-state index < -0.39 is 0 Å². The second-order valence-corrected chi connectivity index (χ2v) is 4.46. The van der Waals surface area contributed by atoms with Crippen molar-refractivity contribution < 1.29 is 4.79 Å². The molecule has 0 aliphatic rings. The van der Waals surface area contributed by atoms with E-state index in [-0.39, 0.29) is 5.78 Å². The lowest BCUT2D eigenvalue weighted by atomic mass is 10.1. The van der Waals surface area contributed by atoms with Crippen LogP contribution in [-0.4, -0.2) is 5.78 Å². The molecule has 0 N–H and O–H groups in total. The average Bonchev–Trinajstić information content (AvgIpc) is 2.45. The first-order chi connectivity index (χ1) is 9.66. The van der Waals surface area contributed by atoms with Crippen LogP contribution >= 0.6 is 0 Å². The van der Waals surface area contributed by atoms with Crippen molar-refractivity contribution in [1.29, 1.82) is 0 Å². The van der Waals surface area contributed by atoms with Gasteiger partial charge in [0, 0.05) is 11.1 Å². The summed E-state index contributed by atoms with van der Waals surface area (Å²) in [6.45, 7) is 3.93. The molecule has 0 atom stereocenters. The van der Waals surface area contributed by atoms with Crippen LogP contribution in [0.3, 0.4) is 0 Å². The zero-order valence-electron chi connectivity index (χ0n) is 11.5. The standard InChI is InChI=1S/C19H14O/c1-15-7-3-5-9-17(15)11-13-19(20)14-12-18-10-6-4-8-16(18)2/h3-10H,1-2H3. The van der Waals surface area contributed by atoms with Gasteiger partial charge >= 0.3 is 0 Å². The van der Waals surface area contributed by atoms with E-state index in [1.165, 1.54) is 0 Å². The van der Waals surface area contributed by atoms with Crippen LogP contribution in [-0.2, 0) is 4.79 Å². The van der Waals surface area contributed by atoms with Gasteiger partial charge in [-0.1, -0.05) is 48.2 Å². The van der Waals surface area contributed by atoms with Crippen molar-refractivity contribution in [2.75, 3.05) is 0 Å². The fraction of sp³-hybridized carbons (Fsp3) is 0.105. The molecule has 1 nitrogen and oxygen atoms in total. The highest BCUT2D eigenvalue weighted by Gasteiger charge is 1.94. The molecule has 2 aromatic rings. The fourth-order valence-corrected chi connectivity index (χ4v) is 1.71. The Balaban J connectivity index is 2.16. The Morgan fingerprint density at radius 1 is 0.750 bits per heavy atom. The molecule has 20 heavy (non-hydrogen) atoms. The zero-order chi connectivity index (χ0) is 14.4. The van der Waals surface area contributed by atoms with Crippen molar-refractivity contribution in [1.82, 2.24) is 0 Å². The van der Waals surface area contributed by atoms with Crippen molar-refractivity contribution in [2.45, 2.75) is 13.8 Å². The average molecular weight is 258 g/mol. The molecule has 0 bridgehead atoms.